The van der Waals surface area contributed by atoms with E-state index in [-0.39, 0.29) is 11.7 Å². The molecule has 0 aliphatic heterocycles. The lowest BCUT2D eigenvalue weighted by atomic mass is 9.85. The van der Waals surface area contributed by atoms with E-state index in [2.05, 4.69) is 33.0 Å². The Morgan fingerprint density at radius 2 is 1.72 bits per heavy atom. The van der Waals surface area contributed by atoms with Crippen LogP contribution in [0.1, 0.15) is 38.1 Å². The van der Waals surface area contributed by atoms with Crippen molar-refractivity contribution < 1.29 is 9.90 Å². The SMILES string of the molecule is CC(C)C(CNC(=O)c1ccccc1O)C(C)C. The van der Waals surface area contributed by atoms with Crippen LogP contribution in [-0.2, 0) is 0 Å². The van der Waals surface area contributed by atoms with Crippen LogP contribution in [0.25, 0.3) is 0 Å². The number of rotatable bonds is 5. The van der Waals surface area contributed by atoms with Gasteiger partial charge in [0.2, 0.25) is 0 Å². The molecule has 100 valence electrons. The number of phenols is 1. The molecule has 1 aromatic rings. The monoisotopic (exact) mass is 249 g/mol. The topological polar surface area (TPSA) is 49.3 Å². The third-order valence-electron chi connectivity index (χ3n) is 3.36. The Kier molecular flexibility index (Phi) is 5.20. The maximum Gasteiger partial charge on any atom is 0.255 e. The Bertz CT molecular complexity index is 391. The molecule has 0 atom stereocenters. The summed E-state index contributed by atoms with van der Waals surface area (Å²) in [6.45, 7) is 9.30. The van der Waals surface area contributed by atoms with Crippen LogP contribution >= 0.6 is 0 Å². The zero-order valence-electron chi connectivity index (χ0n) is 11.6. The first-order valence-electron chi connectivity index (χ1n) is 6.49. The Morgan fingerprint density at radius 1 is 1.17 bits per heavy atom. The highest BCUT2D eigenvalue weighted by molar-refractivity contribution is 5.96. The fraction of sp³-hybridized carbons (Fsp3) is 0.533. The molecule has 0 fully saturated rings. The van der Waals surface area contributed by atoms with Crippen LogP contribution in [0.3, 0.4) is 0 Å². The Morgan fingerprint density at radius 3 is 2.22 bits per heavy atom. The van der Waals surface area contributed by atoms with E-state index in [4.69, 9.17) is 0 Å². The lowest BCUT2D eigenvalue weighted by Gasteiger charge is -2.25. The largest absolute Gasteiger partial charge is 0.507 e. The van der Waals surface area contributed by atoms with Gasteiger partial charge in [0.1, 0.15) is 5.75 Å². The second kappa shape index (κ2) is 6.43. The van der Waals surface area contributed by atoms with Crippen molar-refractivity contribution >= 4 is 5.91 Å². The molecule has 18 heavy (non-hydrogen) atoms. The third-order valence-corrected chi connectivity index (χ3v) is 3.36. The van der Waals surface area contributed by atoms with E-state index in [0.29, 0.717) is 29.9 Å². The molecule has 0 heterocycles. The van der Waals surface area contributed by atoms with E-state index >= 15 is 0 Å². The van der Waals surface area contributed by atoms with Gasteiger partial charge in [-0.2, -0.15) is 0 Å². The molecule has 0 aliphatic carbocycles. The first-order valence-corrected chi connectivity index (χ1v) is 6.49. The highest BCUT2D eigenvalue weighted by atomic mass is 16.3. The van der Waals surface area contributed by atoms with Gasteiger partial charge in [0.05, 0.1) is 5.56 Å². The molecule has 0 saturated carbocycles. The number of carbonyl (C=O) groups is 1. The number of benzene rings is 1. The standard InChI is InChI=1S/C15H23NO2/c1-10(2)13(11(3)4)9-16-15(18)12-7-5-6-8-14(12)17/h5-8,10-11,13,17H,9H2,1-4H3,(H,16,18). The van der Waals surface area contributed by atoms with Gasteiger partial charge in [-0.25, -0.2) is 0 Å². The predicted octanol–water partition coefficient (Wildman–Crippen LogP) is 3.05. The maximum atomic E-state index is 11.9. The predicted molar refractivity (Wildman–Crippen MR) is 73.6 cm³/mol. The minimum Gasteiger partial charge on any atom is -0.507 e. The molecule has 0 spiro atoms. The average molecular weight is 249 g/mol. The number of nitrogens with one attached hydrogen (secondary N) is 1. The number of hydrogen-bond donors (Lipinski definition) is 2. The van der Waals surface area contributed by atoms with E-state index in [9.17, 15) is 9.90 Å². The van der Waals surface area contributed by atoms with Crippen molar-refractivity contribution in [3.05, 3.63) is 29.8 Å². The molecule has 1 rings (SSSR count). The second-order valence-corrected chi connectivity index (χ2v) is 5.38. The molecular weight excluding hydrogens is 226 g/mol. The smallest absolute Gasteiger partial charge is 0.255 e. The second-order valence-electron chi connectivity index (χ2n) is 5.38. The van der Waals surface area contributed by atoms with Crippen LogP contribution in [-0.4, -0.2) is 17.6 Å². The van der Waals surface area contributed by atoms with Gasteiger partial charge in [0.25, 0.3) is 5.91 Å². The lowest BCUT2D eigenvalue weighted by molar-refractivity contribution is 0.0934. The number of aromatic hydroxyl groups is 1. The molecule has 0 saturated heterocycles. The molecule has 3 heteroatoms. The average Bonchev–Trinajstić information content (AvgIpc) is 2.28. The zero-order valence-corrected chi connectivity index (χ0v) is 11.6. The van der Waals surface area contributed by atoms with Gasteiger partial charge in [-0.15, -0.1) is 0 Å². The summed E-state index contributed by atoms with van der Waals surface area (Å²) in [4.78, 5) is 11.9. The van der Waals surface area contributed by atoms with Gasteiger partial charge < -0.3 is 10.4 Å². The van der Waals surface area contributed by atoms with Crippen molar-refractivity contribution in [3.63, 3.8) is 0 Å². The van der Waals surface area contributed by atoms with E-state index in [1.165, 1.54) is 6.07 Å². The summed E-state index contributed by atoms with van der Waals surface area (Å²) in [5.41, 5.74) is 0.337. The fourth-order valence-electron chi connectivity index (χ4n) is 2.21. The molecule has 1 amide bonds. The van der Waals surface area contributed by atoms with Crippen molar-refractivity contribution in [3.8, 4) is 5.75 Å². The molecule has 0 aliphatic rings. The Labute approximate surface area is 109 Å². The number of hydrogen-bond acceptors (Lipinski definition) is 2. The molecule has 0 bridgehead atoms. The first-order chi connectivity index (χ1) is 8.43. The van der Waals surface area contributed by atoms with E-state index in [0.717, 1.165) is 0 Å². The van der Waals surface area contributed by atoms with Crippen molar-refractivity contribution in [2.45, 2.75) is 27.7 Å². The molecule has 1 aromatic carbocycles. The van der Waals surface area contributed by atoms with Crippen molar-refractivity contribution in [1.82, 2.24) is 5.32 Å². The van der Waals surface area contributed by atoms with Crippen molar-refractivity contribution in [2.75, 3.05) is 6.54 Å². The summed E-state index contributed by atoms with van der Waals surface area (Å²) < 4.78 is 0. The highest BCUT2D eigenvalue weighted by Gasteiger charge is 2.19. The van der Waals surface area contributed by atoms with Gasteiger partial charge >= 0.3 is 0 Å². The summed E-state index contributed by atoms with van der Waals surface area (Å²) in [5, 5.41) is 12.5. The Hall–Kier alpha value is -1.51. The molecule has 3 nitrogen and oxygen atoms in total. The van der Waals surface area contributed by atoms with E-state index in [1.54, 1.807) is 18.2 Å². The number of amides is 1. The molecule has 0 unspecified atom stereocenters. The zero-order chi connectivity index (χ0) is 13.7. The highest BCUT2D eigenvalue weighted by Crippen LogP contribution is 2.20. The minimum atomic E-state index is -0.209. The van der Waals surface area contributed by atoms with E-state index < -0.39 is 0 Å². The van der Waals surface area contributed by atoms with Gasteiger partial charge in [-0.1, -0.05) is 39.8 Å². The van der Waals surface area contributed by atoms with Crippen LogP contribution in [0.15, 0.2) is 24.3 Å². The maximum absolute atomic E-state index is 11.9. The summed E-state index contributed by atoms with van der Waals surface area (Å²) in [5.74, 6) is 1.31. The van der Waals surface area contributed by atoms with Gasteiger partial charge in [0.15, 0.2) is 0 Å². The van der Waals surface area contributed by atoms with Crippen LogP contribution in [0.2, 0.25) is 0 Å². The summed E-state index contributed by atoms with van der Waals surface area (Å²) >= 11 is 0. The minimum absolute atomic E-state index is 0.0284. The lowest BCUT2D eigenvalue weighted by Crippen LogP contribution is -2.33. The van der Waals surface area contributed by atoms with Gasteiger partial charge in [-0.3, -0.25) is 4.79 Å². The first kappa shape index (κ1) is 14.6. The molecular formula is C15H23NO2. The third kappa shape index (κ3) is 3.76. The fourth-order valence-corrected chi connectivity index (χ4v) is 2.21. The summed E-state index contributed by atoms with van der Waals surface area (Å²) in [6, 6.07) is 6.61. The van der Waals surface area contributed by atoms with Crippen LogP contribution < -0.4 is 5.32 Å². The number of phenolic OH excluding ortho intramolecular Hbond substituents is 1. The normalized spacial score (nSPS) is 11.3. The van der Waals surface area contributed by atoms with Crippen molar-refractivity contribution in [2.24, 2.45) is 17.8 Å². The number of carbonyl (C=O) groups excluding carboxylic acids is 1. The van der Waals surface area contributed by atoms with E-state index in [1.807, 2.05) is 0 Å². The molecule has 2 N–H and O–H groups in total. The van der Waals surface area contributed by atoms with Crippen LogP contribution in [0.5, 0.6) is 5.75 Å². The quantitative estimate of drug-likeness (QED) is 0.842. The summed E-state index contributed by atoms with van der Waals surface area (Å²) in [6.07, 6.45) is 0. The number of para-hydroxylation sites is 1. The van der Waals surface area contributed by atoms with Crippen LogP contribution in [0.4, 0.5) is 0 Å². The molecule has 0 radical (unpaired) electrons. The van der Waals surface area contributed by atoms with Crippen LogP contribution in [0, 0.1) is 17.8 Å². The molecule has 0 aromatic heterocycles. The Balaban J connectivity index is 2.64. The van der Waals surface area contributed by atoms with Gasteiger partial charge in [-0.05, 0) is 29.9 Å². The summed E-state index contributed by atoms with van der Waals surface area (Å²) in [7, 11) is 0. The van der Waals surface area contributed by atoms with Crippen molar-refractivity contribution in [1.29, 1.82) is 0 Å². The van der Waals surface area contributed by atoms with Gasteiger partial charge in [0, 0.05) is 6.54 Å².